The van der Waals surface area contributed by atoms with Gasteiger partial charge in [0.1, 0.15) is 0 Å². The van der Waals surface area contributed by atoms with Crippen LogP contribution in [-0.2, 0) is 0 Å². The van der Waals surface area contributed by atoms with Crippen LogP contribution in [0, 0.1) is 5.41 Å². The third-order valence-electron chi connectivity index (χ3n) is 1.70. The van der Waals surface area contributed by atoms with Crippen molar-refractivity contribution < 1.29 is 0 Å². The van der Waals surface area contributed by atoms with Gasteiger partial charge in [-0.25, -0.2) is 0 Å². The molecule has 0 fully saturated rings. The second-order valence-corrected chi connectivity index (χ2v) is 4.66. The van der Waals surface area contributed by atoms with Gasteiger partial charge in [-0.15, -0.1) is 12.6 Å². The molecule has 0 amide bonds. The van der Waals surface area contributed by atoms with Gasteiger partial charge in [0.15, 0.2) is 0 Å². The topological polar surface area (TPSA) is 12.0 Å². The summed E-state index contributed by atoms with van der Waals surface area (Å²) in [5.41, 5.74) is 1.60. The van der Waals surface area contributed by atoms with E-state index in [0.29, 0.717) is 5.41 Å². The van der Waals surface area contributed by atoms with E-state index in [2.05, 4.69) is 38.7 Å². The van der Waals surface area contributed by atoms with E-state index in [0.717, 1.165) is 12.2 Å². The van der Waals surface area contributed by atoms with Crippen LogP contribution < -0.4 is 5.32 Å². The molecule has 12 heavy (non-hydrogen) atoms. The van der Waals surface area contributed by atoms with E-state index < -0.39 is 0 Å². The lowest BCUT2D eigenvalue weighted by Gasteiger charge is -2.17. The molecule has 0 aliphatic carbocycles. The van der Waals surface area contributed by atoms with Gasteiger partial charge in [0.25, 0.3) is 0 Å². The molecule has 0 bridgehead atoms. The predicted octanol–water partition coefficient (Wildman–Crippen LogP) is 3.19. The van der Waals surface area contributed by atoms with Crippen molar-refractivity contribution in [3.63, 3.8) is 0 Å². The zero-order valence-corrected chi connectivity index (χ0v) is 9.54. The first-order valence-corrected chi connectivity index (χ1v) is 5.02. The Hall–Kier alpha value is -0.110. The smallest absolute Gasteiger partial charge is 0.0144 e. The summed E-state index contributed by atoms with van der Waals surface area (Å²) >= 11 is 4.05. The highest BCUT2D eigenvalue weighted by molar-refractivity contribution is 7.83. The number of rotatable bonds is 4. The Kier molecular flexibility index (Phi) is 5.47. The van der Waals surface area contributed by atoms with E-state index in [1.807, 2.05) is 6.92 Å². The van der Waals surface area contributed by atoms with Crippen molar-refractivity contribution in [1.29, 1.82) is 0 Å². The molecule has 1 N–H and O–H groups in total. The molecule has 0 rings (SSSR count). The van der Waals surface area contributed by atoms with E-state index in [-0.39, 0.29) is 0 Å². The van der Waals surface area contributed by atoms with Crippen LogP contribution >= 0.6 is 12.6 Å². The second kappa shape index (κ2) is 5.52. The van der Waals surface area contributed by atoms with Crippen LogP contribution in [0.1, 0.15) is 40.5 Å². The van der Waals surface area contributed by atoms with Crippen LogP contribution in [0.3, 0.4) is 0 Å². The lowest BCUT2D eigenvalue weighted by molar-refractivity contribution is 0.364. The molecule has 0 aromatic carbocycles. The highest BCUT2D eigenvalue weighted by Crippen LogP contribution is 2.19. The zero-order valence-electron chi connectivity index (χ0n) is 8.65. The molecule has 0 aromatic heterocycles. The fourth-order valence-electron chi connectivity index (χ4n) is 0.950. The average Bonchev–Trinajstić information content (AvgIpc) is 1.96. The van der Waals surface area contributed by atoms with Gasteiger partial charge in [0, 0.05) is 12.2 Å². The number of thiol groups is 1. The van der Waals surface area contributed by atoms with E-state index in [9.17, 15) is 0 Å². The van der Waals surface area contributed by atoms with E-state index in [4.69, 9.17) is 0 Å². The summed E-state index contributed by atoms with van der Waals surface area (Å²) in [6, 6.07) is 0. The molecule has 2 heteroatoms. The molecular weight excluding hydrogens is 166 g/mol. The number of allylic oxidation sites excluding steroid dienone is 1. The van der Waals surface area contributed by atoms with Gasteiger partial charge in [-0.1, -0.05) is 20.8 Å². The Labute approximate surface area is 82.0 Å². The molecule has 0 aromatic rings. The van der Waals surface area contributed by atoms with E-state index >= 15 is 0 Å². The average molecular weight is 187 g/mol. The maximum Gasteiger partial charge on any atom is 0.0144 e. The van der Waals surface area contributed by atoms with E-state index in [1.54, 1.807) is 5.41 Å². The Morgan fingerprint density at radius 3 is 2.42 bits per heavy atom. The van der Waals surface area contributed by atoms with E-state index in [1.165, 1.54) is 12.8 Å². The van der Waals surface area contributed by atoms with Crippen LogP contribution in [0.4, 0.5) is 0 Å². The summed E-state index contributed by atoms with van der Waals surface area (Å²) in [5.74, 6) is 0. The zero-order chi connectivity index (χ0) is 9.61. The fraction of sp³-hybridized carbons (Fsp3) is 0.800. The summed E-state index contributed by atoms with van der Waals surface area (Å²) < 4.78 is 0. The standard InChI is InChI=1S/C10H21NS/c1-9(8-12)11-7-5-6-10(2,3)4/h8,11-12H,5-7H2,1-4H3/b9-8+. The van der Waals surface area contributed by atoms with Gasteiger partial charge in [-0.2, -0.15) is 0 Å². The van der Waals surface area contributed by atoms with Gasteiger partial charge in [-0.3, -0.25) is 0 Å². The van der Waals surface area contributed by atoms with Crippen LogP contribution in [0.5, 0.6) is 0 Å². The third-order valence-corrected chi connectivity index (χ3v) is 2.09. The van der Waals surface area contributed by atoms with Crippen LogP contribution in [0.25, 0.3) is 0 Å². The van der Waals surface area contributed by atoms with Crippen LogP contribution in [0.2, 0.25) is 0 Å². The molecule has 0 saturated heterocycles. The quantitative estimate of drug-likeness (QED) is 0.509. The summed E-state index contributed by atoms with van der Waals surface area (Å²) in [7, 11) is 0. The summed E-state index contributed by atoms with van der Waals surface area (Å²) in [5, 5.41) is 5.09. The molecule has 0 heterocycles. The number of hydrogen-bond donors (Lipinski definition) is 2. The molecule has 0 radical (unpaired) electrons. The first-order valence-electron chi connectivity index (χ1n) is 4.50. The lowest BCUT2D eigenvalue weighted by Crippen LogP contribution is -2.15. The lowest BCUT2D eigenvalue weighted by atomic mass is 9.91. The first kappa shape index (κ1) is 11.9. The molecule has 0 aliphatic rings. The Morgan fingerprint density at radius 1 is 1.42 bits per heavy atom. The van der Waals surface area contributed by atoms with Crippen molar-refractivity contribution in [2.24, 2.45) is 5.41 Å². The van der Waals surface area contributed by atoms with Gasteiger partial charge in [-0.05, 0) is 30.6 Å². The van der Waals surface area contributed by atoms with Crippen molar-refractivity contribution in [1.82, 2.24) is 5.32 Å². The molecule has 72 valence electrons. The maximum absolute atomic E-state index is 4.05. The van der Waals surface area contributed by atoms with Gasteiger partial charge >= 0.3 is 0 Å². The monoisotopic (exact) mass is 187 g/mol. The first-order chi connectivity index (χ1) is 5.45. The molecule has 0 saturated carbocycles. The van der Waals surface area contributed by atoms with Crippen molar-refractivity contribution in [3.8, 4) is 0 Å². The fourth-order valence-corrected chi connectivity index (χ4v) is 1.04. The Morgan fingerprint density at radius 2 is 2.00 bits per heavy atom. The highest BCUT2D eigenvalue weighted by atomic mass is 32.1. The minimum atomic E-state index is 0.459. The molecule has 1 nitrogen and oxygen atoms in total. The largest absolute Gasteiger partial charge is 0.388 e. The summed E-state index contributed by atoms with van der Waals surface area (Å²) in [6.45, 7) is 9.90. The van der Waals surface area contributed by atoms with Crippen molar-refractivity contribution >= 4 is 12.6 Å². The maximum atomic E-state index is 4.05. The number of nitrogens with one attached hydrogen (secondary N) is 1. The number of hydrogen-bond acceptors (Lipinski definition) is 2. The molecule has 0 unspecified atom stereocenters. The van der Waals surface area contributed by atoms with Crippen molar-refractivity contribution in [2.75, 3.05) is 6.54 Å². The molecule has 0 atom stereocenters. The van der Waals surface area contributed by atoms with Crippen LogP contribution in [0.15, 0.2) is 11.1 Å². The summed E-state index contributed by atoms with van der Waals surface area (Å²) in [4.78, 5) is 0. The van der Waals surface area contributed by atoms with Crippen molar-refractivity contribution in [3.05, 3.63) is 11.1 Å². The molecule has 0 aliphatic heterocycles. The Balaban J connectivity index is 3.34. The second-order valence-electron chi connectivity index (χ2n) is 4.40. The predicted molar refractivity (Wildman–Crippen MR) is 59.4 cm³/mol. The van der Waals surface area contributed by atoms with Gasteiger partial charge in [0.05, 0.1) is 0 Å². The molecule has 0 spiro atoms. The normalized spacial score (nSPS) is 13.2. The SMILES string of the molecule is C/C(=C\S)NCCCC(C)(C)C. The third kappa shape index (κ3) is 7.99. The van der Waals surface area contributed by atoms with Crippen LogP contribution in [-0.4, -0.2) is 6.54 Å². The van der Waals surface area contributed by atoms with Gasteiger partial charge < -0.3 is 5.32 Å². The minimum Gasteiger partial charge on any atom is -0.388 e. The minimum absolute atomic E-state index is 0.459. The van der Waals surface area contributed by atoms with Crippen molar-refractivity contribution in [2.45, 2.75) is 40.5 Å². The van der Waals surface area contributed by atoms with Gasteiger partial charge in [0.2, 0.25) is 0 Å². The summed E-state index contributed by atoms with van der Waals surface area (Å²) in [6.07, 6.45) is 2.49. The Bertz CT molecular complexity index is 144. The highest BCUT2D eigenvalue weighted by Gasteiger charge is 2.08. The molecular formula is C10H21NS.